The van der Waals surface area contributed by atoms with Crippen LogP contribution in [0.4, 0.5) is 13.2 Å². The molecule has 1 atom stereocenters. The van der Waals surface area contributed by atoms with Gasteiger partial charge in [0.1, 0.15) is 6.10 Å². The van der Waals surface area contributed by atoms with E-state index in [-0.39, 0.29) is 17.9 Å². The lowest BCUT2D eigenvalue weighted by Crippen LogP contribution is -2.31. The van der Waals surface area contributed by atoms with Gasteiger partial charge in [0, 0.05) is 37.3 Å². The lowest BCUT2D eigenvalue weighted by Gasteiger charge is -2.17. The summed E-state index contributed by atoms with van der Waals surface area (Å²) in [6.07, 6.45) is -2.21. The van der Waals surface area contributed by atoms with Crippen molar-refractivity contribution in [2.75, 3.05) is 13.1 Å². The Labute approximate surface area is 154 Å². The number of nitrogens with zero attached hydrogens (tertiary/aromatic N) is 3. The molecule has 3 heterocycles. The number of aromatic amines is 1. The monoisotopic (exact) mass is 382 g/mol. The smallest absolute Gasteiger partial charge is 0.416 e. The average Bonchev–Trinajstić information content (AvgIpc) is 3.20. The number of amides is 1. The number of carbonyl (C=O) groups excluding carboxylic acids is 1. The fourth-order valence-electron chi connectivity index (χ4n) is 3.20. The van der Waals surface area contributed by atoms with Gasteiger partial charge in [-0.15, -0.1) is 0 Å². The molecule has 1 amide bonds. The molecule has 1 fully saturated rings. The molecule has 2 aromatic rings. The Bertz CT molecular complexity index is 800. The van der Waals surface area contributed by atoms with E-state index >= 15 is 0 Å². The maximum Gasteiger partial charge on any atom is 0.416 e. The van der Waals surface area contributed by atoms with Crippen molar-refractivity contribution in [2.45, 2.75) is 45.4 Å². The minimum Gasteiger partial charge on any atom is -0.472 e. The molecule has 3 rings (SSSR count). The number of hydrogen-bond acceptors (Lipinski definition) is 4. The number of alkyl halides is 3. The third-order valence-corrected chi connectivity index (χ3v) is 4.72. The van der Waals surface area contributed by atoms with Crippen LogP contribution in [0.5, 0.6) is 5.88 Å². The van der Waals surface area contributed by atoms with Crippen LogP contribution in [-0.4, -0.2) is 45.2 Å². The second-order valence-corrected chi connectivity index (χ2v) is 6.66. The zero-order valence-corrected chi connectivity index (χ0v) is 15.1. The summed E-state index contributed by atoms with van der Waals surface area (Å²) in [5.41, 5.74) is 2.09. The maximum absolute atomic E-state index is 12.8. The molecule has 2 aromatic heterocycles. The zero-order chi connectivity index (χ0) is 19.6. The Balaban J connectivity index is 1.53. The molecule has 0 saturated carbocycles. The van der Waals surface area contributed by atoms with Gasteiger partial charge in [-0.05, 0) is 31.9 Å². The van der Waals surface area contributed by atoms with Gasteiger partial charge in [0.15, 0.2) is 0 Å². The maximum atomic E-state index is 12.8. The largest absolute Gasteiger partial charge is 0.472 e. The SMILES string of the molecule is Cc1n[nH]c(C)c1CCC(=O)N1CC[C@@H](Oc2cc(C(F)(F)F)ccn2)C1. The molecular formula is C18H21F3N4O2. The number of aromatic nitrogens is 3. The van der Waals surface area contributed by atoms with Gasteiger partial charge in [-0.25, -0.2) is 4.98 Å². The van der Waals surface area contributed by atoms with Gasteiger partial charge < -0.3 is 9.64 Å². The number of ether oxygens (including phenoxy) is 1. The highest BCUT2D eigenvalue weighted by Gasteiger charge is 2.32. The van der Waals surface area contributed by atoms with Crippen molar-refractivity contribution in [3.05, 3.63) is 40.8 Å². The van der Waals surface area contributed by atoms with Crippen molar-refractivity contribution in [3.8, 4) is 5.88 Å². The van der Waals surface area contributed by atoms with Gasteiger partial charge in [-0.2, -0.15) is 18.3 Å². The number of rotatable bonds is 5. The van der Waals surface area contributed by atoms with Gasteiger partial charge in [0.05, 0.1) is 17.8 Å². The third kappa shape index (κ3) is 4.58. The summed E-state index contributed by atoms with van der Waals surface area (Å²) in [5.74, 6) is -0.0770. The van der Waals surface area contributed by atoms with E-state index in [0.29, 0.717) is 32.4 Å². The molecular weight excluding hydrogens is 361 g/mol. The summed E-state index contributed by atoms with van der Waals surface area (Å²) < 4.78 is 43.9. The van der Waals surface area contributed by atoms with E-state index in [9.17, 15) is 18.0 Å². The Kier molecular flexibility index (Phi) is 5.38. The van der Waals surface area contributed by atoms with E-state index in [0.717, 1.165) is 35.3 Å². The average molecular weight is 382 g/mol. The van der Waals surface area contributed by atoms with Crippen LogP contribution in [0, 0.1) is 13.8 Å². The first-order valence-electron chi connectivity index (χ1n) is 8.72. The fraction of sp³-hybridized carbons (Fsp3) is 0.500. The van der Waals surface area contributed by atoms with Crippen LogP contribution in [0.25, 0.3) is 0 Å². The van der Waals surface area contributed by atoms with Crippen LogP contribution < -0.4 is 4.74 Å². The van der Waals surface area contributed by atoms with Crippen molar-refractivity contribution in [2.24, 2.45) is 0 Å². The quantitative estimate of drug-likeness (QED) is 0.863. The van der Waals surface area contributed by atoms with Crippen LogP contribution in [-0.2, 0) is 17.4 Å². The van der Waals surface area contributed by atoms with Gasteiger partial charge in [-0.1, -0.05) is 0 Å². The molecule has 6 nitrogen and oxygen atoms in total. The van der Waals surface area contributed by atoms with Gasteiger partial charge >= 0.3 is 6.18 Å². The molecule has 0 aromatic carbocycles. The fourth-order valence-corrected chi connectivity index (χ4v) is 3.20. The normalized spacial score (nSPS) is 17.4. The zero-order valence-electron chi connectivity index (χ0n) is 15.1. The van der Waals surface area contributed by atoms with Crippen LogP contribution >= 0.6 is 0 Å². The first kappa shape index (κ1) is 19.2. The van der Waals surface area contributed by atoms with Gasteiger partial charge in [0.2, 0.25) is 11.8 Å². The van der Waals surface area contributed by atoms with Crippen molar-refractivity contribution in [1.82, 2.24) is 20.1 Å². The van der Waals surface area contributed by atoms with Crippen LogP contribution in [0.15, 0.2) is 18.3 Å². The summed E-state index contributed by atoms with van der Waals surface area (Å²) in [6.45, 7) is 4.68. The van der Waals surface area contributed by atoms with Crippen molar-refractivity contribution >= 4 is 5.91 Å². The Morgan fingerprint density at radius 3 is 2.85 bits per heavy atom. The lowest BCUT2D eigenvalue weighted by atomic mass is 10.1. The Morgan fingerprint density at radius 2 is 2.19 bits per heavy atom. The summed E-state index contributed by atoms with van der Waals surface area (Å²) in [5, 5.41) is 7.02. The van der Waals surface area contributed by atoms with E-state index < -0.39 is 11.7 Å². The molecule has 146 valence electrons. The molecule has 1 aliphatic heterocycles. The minimum absolute atomic E-state index is 0.00176. The first-order chi connectivity index (χ1) is 12.7. The van der Waals surface area contributed by atoms with E-state index in [2.05, 4.69) is 15.2 Å². The highest BCUT2D eigenvalue weighted by Crippen LogP contribution is 2.31. The number of H-pyrrole nitrogens is 1. The molecule has 9 heteroatoms. The first-order valence-corrected chi connectivity index (χ1v) is 8.72. The van der Waals surface area contributed by atoms with E-state index in [1.807, 2.05) is 13.8 Å². The molecule has 0 aliphatic carbocycles. The molecule has 0 spiro atoms. The number of pyridine rings is 1. The molecule has 0 unspecified atom stereocenters. The Hall–Kier alpha value is -2.58. The molecule has 0 radical (unpaired) electrons. The lowest BCUT2D eigenvalue weighted by molar-refractivity contribution is -0.137. The number of likely N-dealkylation sites (tertiary alicyclic amines) is 1. The van der Waals surface area contributed by atoms with E-state index in [1.54, 1.807) is 4.90 Å². The summed E-state index contributed by atoms with van der Waals surface area (Å²) >= 11 is 0. The number of nitrogens with one attached hydrogen (secondary N) is 1. The number of carbonyl (C=O) groups is 1. The highest BCUT2D eigenvalue weighted by atomic mass is 19.4. The standard InChI is InChI=1S/C18H21F3N4O2/c1-11-15(12(2)24-23-11)3-4-17(26)25-8-6-14(10-25)27-16-9-13(5-7-22-16)18(19,20)21/h5,7,9,14H,3-4,6,8,10H2,1-2H3,(H,23,24)/t14-/m1/s1. The van der Waals surface area contributed by atoms with Crippen LogP contribution in [0.2, 0.25) is 0 Å². The van der Waals surface area contributed by atoms with Crippen molar-refractivity contribution in [3.63, 3.8) is 0 Å². The second-order valence-electron chi connectivity index (χ2n) is 6.66. The van der Waals surface area contributed by atoms with E-state index in [1.165, 1.54) is 0 Å². The summed E-state index contributed by atoms with van der Waals surface area (Å²) in [4.78, 5) is 17.9. The summed E-state index contributed by atoms with van der Waals surface area (Å²) in [7, 11) is 0. The van der Waals surface area contributed by atoms with Crippen LogP contribution in [0.1, 0.15) is 35.4 Å². The second kappa shape index (κ2) is 7.58. The molecule has 1 saturated heterocycles. The van der Waals surface area contributed by atoms with Gasteiger partial charge in [-0.3, -0.25) is 9.89 Å². The number of halogens is 3. The number of aryl methyl sites for hydroxylation is 2. The molecule has 1 N–H and O–H groups in total. The topological polar surface area (TPSA) is 71.1 Å². The Morgan fingerprint density at radius 1 is 1.41 bits per heavy atom. The predicted octanol–water partition coefficient (Wildman–Crippen LogP) is 3.05. The summed E-state index contributed by atoms with van der Waals surface area (Å²) in [6, 6.07) is 1.78. The number of hydrogen-bond donors (Lipinski definition) is 1. The van der Waals surface area contributed by atoms with Crippen LogP contribution in [0.3, 0.4) is 0 Å². The molecule has 27 heavy (non-hydrogen) atoms. The van der Waals surface area contributed by atoms with Gasteiger partial charge in [0.25, 0.3) is 0 Å². The van der Waals surface area contributed by atoms with Crippen molar-refractivity contribution < 1.29 is 22.7 Å². The minimum atomic E-state index is -4.44. The van der Waals surface area contributed by atoms with E-state index in [4.69, 9.17) is 4.74 Å². The molecule has 1 aliphatic rings. The third-order valence-electron chi connectivity index (χ3n) is 4.72. The highest BCUT2D eigenvalue weighted by molar-refractivity contribution is 5.76. The predicted molar refractivity (Wildman–Crippen MR) is 91.2 cm³/mol. The molecule has 0 bridgehead atoms. The van der Waals surface area contributed by atoms with Crippen molar-refractivity contribution in [1.29, 1.82) is 0 Å².